The topological polar surface area (TPSA) is 35.2 Å². The Morgan fingerprint density at radius 1 is 1.33 bits per heavy atom. The molecule has 0 atom stereocenters. The number of methoxy groups -OCH3 is 1. The molecule has 0 aliphatic rings. The van der Waals surface area contributed by atoms with Crippen LogP contribution >= 0.6 is 11.8 Å². The fraction of sp³-hybridized carbons (Fsp3) is 0.500. The fourth-order valence-corrected chi connectivity index (χ4v) is 2.36. The molecule has 0 unspecified atom stereocenters. The Hall–Kier alpha value is -0.830. The molecule has 0 aromatic heterocycles. The summed E-state index contributed by atoms with van der Waals surface area (Å²) in [5.74, 6) is 3.08. The predicted molar refractivity (Wildman–Crippen MR) is 68.5 cm³/mol. The number of nitrogen functional groups attached to an aromatic ring is 1. The van der Waals surface area contributed by atoms with E-state index >= 15 is 0 Å². The number of thioether (sulfide) groups is 1. The molecule has 0 bridgehead atoms. The van der Waals surface area contributed by atoms with Crippen molar-refractivity contribution in [2.45, 2.75) is 25.5 Å². The van der Waals surface area contributed by atoms with Crippen molar-refractivity contribution in [1.82, 2.24) is 0 Å². The van der Waals surface area contributed by atoms with Crippen molar-refractivity contribution in [3.8, 4) is 5.75 Å². The first-order chi connectivity index (χ1) is 7.26. The third kappa shape index (κ3) is 4.47. The van der Waals surface area contributed by atoms with Gasteiger partial charge in [-0.1, -0.05) is 13.3 Å². The smallest absolute Gasteiger partial charge is 0.121 e. The van der Waals surface area contributed by atoms with E-state index in [1.54, 1.807) is 7.11 Å². The highest BCUT2D eigenvalue weighted by Gasteiger charge is 1.99. The third-order valence-electron chi connectivity index (χ3n) is 2.14. The Bertz CT molecular complexity index is 302. The lowest BCUT2D eigenvalue weighted by atomic mass is 10.2. The van der Waals surface area contributed by atoms with Crippen LogP contribution in [0.5, 0.6) is 5.75 Å². The minimum absolute atomic E-state index is 0.778. The number of ether oxygens (including phenoxy) is 1. The van der Waals surface area contributed by atoms with Crippen LogP contribution in [-0.2, 0) is 5.75 Å². The maximum atomic E-state index is 5.78. The van der Waals surface area contributed by atoms with Crippen LogP contribution in [0.3, 0.4) is 0 Å². The van der Waals surface area contributed by atoms with Gasteiger partial charge in [0.15, 0.2) is 0 Å². The van der Waals surface area contributed by atoms with Gasteiger partial charge in [0.25, 0.3) is 0 Å². The fourth-order valence-electron chi connectivity index (χ4n) is 1.32. The molecular weight excluding hydrogens is 206 g/mol. The minimum Gasteiger partial charge on any atom is -0.497 e. The standard InChI is InChI=1S/C12H19NOS/c1-3-4-5-15-9-10-6-11(13)8-12(7-10)14-2/h6-8H,3-5,9,13H2,1-2H3. The molecule has 0 fully saturated rings. The Morgan fingerprint density at radius 3 is 2.80 bits per heavy atom. The first kappa shape index (κ1) is 12.2. The molecule has 15 heavy (non-hydrogen) atoms. The molecule has 0 amide bonds. The molecule has 1 rings (SSSR count). The van der Waals surface area contributed by atoms with Gasteiger partial charge in [-0.2, -0.15) is 11.8 Å². The second-order valence-corrected chi connectivity index (χ2v) is 4.63. The number of nitrogens with two attached hydrogens (primary N) is 1. The van der Waals surface area contributed by atoms with Crippen LogP contribution in [0.4, 0.5) is 5.69 Å². The molecule has 1 aromatic rings. The Labute approximate surface area is 96.2 Å². The second kappa shape index (κ2) is 6.62. The zero-order valence-corrected chi connectivity index (χ0v) is 10.3. The van der Waals surface area contributed by atoms with E-state index in [1.165, 1.54) is 24.2 Å². The van der Waals surface area contributed by atoms with E-state index in [9.17, 15) is 0 Å². The zero-order valence-electron chi connectivity index (χ0n) is 9.45. The molecule has 1 aromatic carbocycles. The van der Waals surface area contributed by atoms with Crippen LogP contribution < -0.4 is 10.5 Å². The average Bonchev–Trinajstić information content (AvgIpc) is 2.23. The van der Waals surface area contributed by atoms with Gasteiger partial charge >= 0.3 is 0 Å². The van der Waals surface area contributed by atoms with E-state index in [4.69, 9.17) is 10.5 Å². The molecule has 0 spiro atoms. The normalized spacial score (nSPS) is 10.3. The van der Waals surface area contributed by atoms with Gasteiger partial charge in [0, 0.05) is 17.5 Å². The highest BCUT2D eigenvalue weighted by atomic mass is 32.2. The van der Waals surface area contributed by atoms with Crippen molar-refractivity contribution in [1.29, 1.82) is 0 Å². The van der Waals surface area contributed by atoms with Gasteiger partial charge in [-0.15, -0.1) is 0 Å². The number of unbranched alkanes of at least 4 members (excludes halogenated alkanes) is 1. The molecule has 0 heterocycles. The van der Waals surface area contributed by atoms with E-state index < -0.39 is 0 Å². The summed E-state index contributed by atoms with van der Waals surface area (Å²) in [6, 6.07) is 5.91. The second-order valence-electron chi connectivity index (χ2n) is 3.52. The lowest BCUT2D eigenvalue weighted by molar-refractivity contribution is 0.414. The number of anilines is 1. The van der Waals surface area contributed by atoms with Crippen molar-refractivity contribution in [3.05, 3.63) is 23.8 Å². The van der Waals surface area contributed by atoms with Gasteiger partial charge in [-0.25, -0.2) is 0 Å². The molecule has 2 N–H and O–H groups in total. The van der Waals surface area contributed by atoms with Gasteiger partial charge in [-0.3, -0.25) is 0 Å². The molecule has 0 aliphatic heterocycles. The van der Waals surface area contributed by atoms with Gasteiger partial charge in [-0.05, 0) is 29.9 Å². The van der Waals surface area contributed by atoms with Crippen molar-refractivity contribution >= 4 is 17.4 Å². The van der Waals surface area contributed by atoms with Crippen molar-refractivity contribution in [2.75, 3.05) is 18.6 Å². The first-order valence-electron chi connectivity index (χ1n) is 5.27. The zero-order chi connectivity index (χ0) is 11.1. The minimum atomic E-state index is 0.778. The van der Waals surface area contributed by atoms with E-state index in [1.807, 2.05) is 23.9 Å². The van der Waals surface area contributed by atoms with Crippen molar-refractivity contribution in [2.24, 2.45) is 0 Å². The summed E-state index contributed by atoms with van der Waals surface area (Å²) in [6.45, 7) is 2.21. The van der Waals surface area contributed by atoms with Crippen molar-refractivity contribution < 1.29 is 4.74 Å². The van der Waals surface area contributed by atoms with E-state index in [2.05, 4.69) is 13.0 Å². The van der Waals surface area contributed by atoms with E-state index in [0.717, 1.165) is 17.2 Å². The van der Waals surface area contributed by atoms with Crippen LogP contribution in [-0.4, -0.2) is 12.9 Å². The quantitative estimate of drug-likeness (QED) is 0.596. The Morgan fingerprint density at radius 2 is 2.13 bits per heavy atom. The summed E-state index contributed by atoms with van der Waals surface area (Å²) in [6.07, 6.45) is 2.54. The predicted octanol–water partition coefficient (Wildman–Crippen LogP) is 3.31. The molecule has 3 heteroatoms. The Kier molecular flexibility index (Phi) is 5.40. The number of benzene rings is 1. The monoisotopic (exact) mass is 225 g/mol. The van der Waals surface area contributed by atoms with Crippen molar-refractivity contribution in [3.63, 3.8) is 0 Å². The molecule has 2 nitrogen and oxygen atoms in total. The van der Waals surface area contributed by atoms with E-state index in [0.29, 0.717) is 0 Å². The molecular formula is C12H19NOS. The van der Waals surface area contributed by atoms with Gasteiger partial charge < -0.3 is 10.5 Å². The van der Waals surface area contributed by atoms with Crippen LogP contribution in [0.2, 0.25) is 0 Å². The summed E-state index contributed by atoms with van der Waals surface area (Å²) < 4.78 is 5.17. The molecule has 84 valence electrons. The lowest BCUT2D eigenvalue weighted by Gasteiger charge is -2.06. The molecule has 0 radical (unpaired) electrons. The summed E-state index contributed by atoms with van der Waals surface area (Å²) in [5.41, 5.74) is 7.80. The third-order valence-corrected chi connectivity index (χ3v) is 3.25. The molecule has 0 saturated heterocycles. The highest BCUT2D eigenvalue weighted by molar-refractivity contribution is 7.98. The van der Waals surface area contributed by atoms with E-state index in [-0.39, 0.29) is 0 Å². The SMILES string of the molecule is CCCCSCc1cc(N)cc(OC)c1. The summed E-state index contributed by atoms with van der Waals surface area (Å²) in [5, 5.41) is 0. The average molecular weight is 225 g/mol. The van der Waals surface area contributed by atoms with Crippen LogP contribution in [0.15, 0.2) is 18.2 Å². The Balaban J connectivity index is 2.49. The van der Waals surface area contributed by atoms with Crippen LogP contribution in [0.1, 0.15) is 25.3 Å². The lowest BCUT2D eigenvalue weighted by Crippen LogP contribution is -1.92. The molecule has 0 aliphatic carbocycles. The van der Waals surface area contributed by atoms with Gasteiger partial charge in [0.05, 0.1) is 7.11 Å². The van der Waals surface area contributed by atoms with Gasteiger partial charge in [0.1, 0.15) is 5.75 Å². The van der Waals surface area contributed by atoms with Crippen LogP contribution in [0.25, 0.3) is 0 Å². The first-order valence-corrected chi connectivity index (χ1v) is 6.43. The van der Waals surface area contributed by atoms with Crippen LogP contribution in [0, 0.1) is 0 Å². The maximum Gasteiger partial charge on any atom is 0.121 e. The largest absolute Gasteiger partial charge is 0.497 e. The van der Waals surface area contributed by atoms with Gasteiger partial charge in [0.2, 0.25) is 0 Å². The number of hydrogen-bond donors (Lipinski definition) is 1. The summed E-state index contributed by atoms with van der Waals surface area (Å²) in [4.78, 5) is 0. The summed E-state index contributed by atoms with van der Waals surface area (Å²) >= 11 is 1.95. The number of hydrogen-bond acceptors (Lipinski definition) is 3. The number of rotatable bonds is 6. The molecule has 0 saturated carbocycles. The summed E-state index contributed by atoms with van der Waals surface area (Å²) in [7, 11) is 1.67. The maximum absolute atomic E-state index is 5.78. The highest BCUT2D eigenvalue weighted by Crippen LogP contribution is 2.22.